The minimum atomic E-state index is 0.0668. The Morgan fingerprint density at radius 1 is 1.24 bits per heavy atom. The van der Waals surface area contributed by atoms with Gasteiger partial charge in [0.1, 0.15) is 11.5 Å². The summed E-state index contributed by atoms with van der Waals surface area (Å²) in [4.78, 5) is 4.13. The average Bonchev–Trinajstić information content (AvgIpc) is 3.07. The van der Waals surface area contributed by atoms with Crippen molar-refractivity contribution in [3.05, 3.63) is 42.5 Å². The van der Waals surface area contributed by atoms with Gasteiger partial charge in [-0.3, -0.25) is 0 Å². The Labute approximate surface area is 124 Å². The van der Waals surface area contributed by atoms with Gasteiger partial charge in [0, 0.05) is 36.6 Å². The maximum Gasteiger partial charge on any atom is 0.119 e. The van der Waals surface area contributed by atoms with Crippen LogP contribution in [0.1, 0.15) is 43.8 Å². The quantitative estimate of drug-likeness (QED) is 0.808. The number of nitrogens with zero attached hydrogens (tertiary/aromatic N) is 2. The summed E-state index contributed by atoms with van der Waals surface area (Å²) in [6.07, 6.45) is 9.15. The van der Waals surface area contributed by atoms with Crippen molar-refractivity contribution in [2.24, 2.45) is 0 Å². The van der Waals surface area contributed by atoms with Gasteiger partial charge in [0.2, 0.25) is 0 Å². The molecule has 1 fully saturated rings. The molecule has 3 rings (SSSR count). The van der Waals surface area contributed by atoms with E-state index in [2.05, 4.69) is 21.8 Å². The van der Waals surface area contributed by atoms with Crippen molar-refractivity contribution in [3.63, 3.8) is 0 Å². The molecule has 1 aliphatic carbocycles. The number of imidazole rings is 1. The molecule has 112 valence electrons. The molecule has 1 aliphatic rings. The van der Waals surface area contributed by atoms with E-state index in [9.17, 15) is 10.2 Å². The van der Waals surface area contributed by atoms with Crippen LogP contribution in [-0.4, -0.2) is 25.8 Å². The van der Waals surface area contributed by atoms with Crippen LogP contribution in [0.4, 0.5) is 0 Å². The average molecular weight is 287 g/mol. The molecule has 3 atom stereocenters. The van der Waals surface area contributed by atoms with Gasteiger partial charge in [-0.1, -0.05) is 0 Å². The fourth-order valence-corrected chi connectivity index (χ4v) is 3.24. The molecule has 0 bridgehead atoms. The lowest BCUT2D eigenvalue weighted by molar-refractivity contribution is 0.361. The molecule has 0 saturated heterocycles. The maximum atomic E-state index is 9.61. The lowest BCUT2D eigenvalue weighted by Crippen LogP contribution is -2.35. The van der Waals surface area contributed by atoms with Crippen molar-refractivity contribution < 1.29 is 10.2 Å². The minimum absolute atomic E-state index is 0.0668. The number of aromatic hydroxyl groups is 2. The van der Waals surface area contributed by atoms with Gasteiger partial charge in [0.25, 0.3) is 0 Å². The van der Waals surface area contributed by atoms with Crippen LogP contribution >= 0.6 is 0 Å². The second kappa shape index (κ2) is 5.77. The van der Waals surface area contributed by atoms with Crippen molar-refractivity contribution >= 4 is 0 Å². The van der Waals surface area contributed by atoms with Crippen molar-refractivity contribution in [1.29, 1.82) is 0 Å². The van der Waals surface area contributed by atoms with Gasteiger partial charge in [0.05, 0.1) is 6.33 Å². The number of phenolic OH excluding ortho intramolecular Hbond substituents is 2. The Morgan fingerprint density at radius 2 is 2.00 bits per heavy atom. The van der Waals surface area contributed by atoms with E-state index in [1.54, 1.807) is 12.1 Å². The monoisotopic (exact) mass is 287 g/mol. The van der Waals surface area contributed by atoms with Gasteiger partial charge < -0.3 is 20.1 Å². The molecule has 2 aromatic rings. The lowest BCUT2D eigenvalue weighted by atomic mass is 10.0. The maximum absolute atomic E-state index is 9.61. The third-order valence-electron chi connectivity index (χ3n) is 4.28. The number of benzene rings is 1. The summed E-state index contributed by atoms with van der Waals surface area (Å²) < 4.78 is 2.16. The summed E-state index contributed by atoms with van der Waals surface area (Å²) >= 11 is 0. The van der Waals surface area contributed by atoms with E-state index >= 15 is 0 Å². The van der Waals surface area contributed by atoms with Gasteiger partial charge in [-0.05, 0) is 43.9 Å². The number of hydrogen-bond acceptors (Lipinski definition) is 4. The number of hydrogen-bond donors (Lipinski definition) is 3. The van der Waals surface area contributed by atoms with Crippen LogP contribution in [0.15, 0.2) is 36.9 Å². The topological polar surface area (TPSA) is 70.3 Å². The molecule has 1 saturated carbocycles. The van der Waals surface area contributed by atoms with E-state index < -0.39 is 0 Å². The molecule has 0 aliphatic heterocycles. The highest BCUT2D eigenvalue weighted by Crippen LogP contribution is 2.32. The summed E-state index contributed by atoms with van der Waals surface area (Å²) in [6, 6.07) is 5.59. The van der Waals surface area contributed by atoms with Crippen molar-refractivity contribution in [3.8, 4) is 11.5 Å². The highest BCUT2D eigenvalue weighted by molar-refractivity contribution is 5.38. The largest absolute Gasteiger partial charge is 0.508 e. The number of aromatic nitrogens is 2. The van der Waals surface area contributed by atoms with E-state index in [0.717, 1.165) is 18.4 Å². The Morgan fingerprint density at radius 3 is 2.67 bits per heavy atom. The fraction of sp³-hybridized carbons (Fsp3) is 0.438. The molecule has 0 radical (unpaired) electrons. The van der Waals surface area contributed by atoms with Crippen LogP contribution in [0.25, 0.3) is 0 Å². The van der Waals surface area contributed by atoms with Gasteiger partial charge in [-0.15, -0.1) is 0 Å². The second-order valence-electron chi connectivity index (χ2n) is 5.79. The van der Waals surface area contributed by atoms with Crippen molar-refractivity contribution in [2.75, 3.05) is 0 Å². The fourth-order valence-electron chi connectivity index (χ4n) is 3.24. The normalized spacial score (nSPS) is 23.3. The Balaban J connectivity index is 1.73. The molecule has 5 nitrogen and oxygen atoms in total. The summed E-state index contributed by atoms with van der Waals surface area (Å²) in [6.45, 7) is 2.05. The Kier molecular flexibility index (Phi) is 3.84. The van der Waals surface area contributed by atoms with Crippen LogP contribution in [0.3, 0.4) is 0 Å². The molecule has 1 aromatic heterocycles. The molecule has 5 heteroatoms. The number of phenols is 2. The molecule has 0 spiro atoms. The van der Waals surface area contributed by atoms with Crippen LogP contribution in [0, 0.1) is 0 Å². The molecule has 21 heavy (non-hydrogen) atoms. The SMILES string of the molecule is CC(NC1CCCC1n1ccnc1)c1cc(O)cc(O)c1. The van der Waals surface area contributed by atoms with Crippen molar-refractivity contribution in [2.45, 2.75) is 44.3 Å². The van der Waals surface area contributed by atoms with Gasteiger partial charge >= 0.3 is 0 Å². The second-order valence-corrected chi connectivity index (χ2v) is 5.79. The van der Waals surface area contributed by atoms with Crippen LogP contribution < -0.4 is 5.32 Å². The molecule has 1 aromatic carbocycles. The first-order valence-corrected chi connectivity index (χ1v) is 7.40. The smallest absolute Gasteiger partial charge is 0.119 e. The van der Waals surface area contributed by atoms with E-state index in [1.165, 1.54) is 12.5 Å². The Hall–Kier alpha value is -2.01. The van der Waals surface area contributed by atoms with E-state index in [-0.39, 0.29) is 17.5 Å². The van der Waals surface area contributed by atoms with Crippen LogP contribution in [0.5, 0.6) is 11.5 Å². The molecular weight excluding hydrogens is 266 g/mol. The van der Waals surface area contributed by atoms with Crippen LogP contribution in [0.2, 0.25) is 0 Å². The van der Waals surface area contributed by atoms with Gasteiger partial charge in [-0.25, -0.2) is 4.98 Å². The Bertz CT molecular complexity index is 577. The summed E-state index contributed by atoms with van der Waals surface area (Å²) in [5.74, 6) is 0.187. The molecular formula is C16H21N3O2. The highest BCUT2D eigenvalue weighted by atomic mass is 16.3. The highest BCUT2D eigenvalue weighted by Gasteiger charge is 2.29. The molecule has 1 heterocycles. The molecule has 3 N–H and O–H groups in total. The van der Waals surface area contributed by atoms with Crippen molar-refractivity contribution in [1.82, 2.24) is 14.9 Å². The van der Waals surface area contributed by atoms with Crippen LogP contribution in [-0.2, 0) is 0 Å². The predicted octanol–water partition coefficient (Wildman–Crippen LogP) is 2.74. The summed E-state index contributed by atoms with van der Waals surface area (Å²) in [7, 11) is 0. The standard InChI is InChI=1S/C16H21N3O2/c1-11(12-7-13(20)9-14(21)8-12)18-15-3-2-4-16(15)19-6-5-17-10-19/h5-11,15-16,18,20-21H,2-4H2,1H3. The van der Waals surface area contributed by atoms with E-state index in [1.807, 2.05) is 18.7 Å². The lowest BCUT2D eigenvalue weighted by Gasteiger charge is -2.26. The third-order valence-corrected chi connectivity index (χ3v) is 4.28. The summed E-state index contributed by atoms with van der Waals surface area (Å²) in [5, 5.41) is 22.8. The van der Waals surface area contributed by atoms with Gasteiger partial charge in [0.15, 0.2) is 0 Å². The zero-order valence-corrected chi connectivity index (χ0v) is 12.1. The zero-order chi connectivity index (χ0) is 14.8. The first-order chi connectivity index (χ1) is 10.1. The molecule has 0 amide bonds. The minimum Gasteiger partial charge on any atom is -0.508 e. The zero-order valence-electron chi connectivity index (χ0n) is 12.1. The summed E-state index contributed by atoms with van der Waals surface area (Å²) in [5.41, 5.74) is 0.892. The number of nitrogens with one attached hydrogen (secondary N) is 1. The number of rotatable bonds is 4. The van der Waals surface area contributed by atoms with E-state index in [0.29, 0.717) is 12.1 Å². The first kappa shape index (κ1) is 13.9. The predicted molar refractivity (Wildman–Crippen MR) is 80.2 cm³/mol. The van der Waals surface area contributed by atoms with E-state index in [4.69, 9.17) is 0 Å². The van der Waals surface area contributed by atoms with Gasteiger partial charge in [-0.2, -0.15) is 0 Å². The third kappa shape index (κ3) is 3.03. The first-order valence-electron chi connectivity index (χ1n) is 7.40. The molecule has 3 unspecified atom stereocenters.